The molecule has 1 aromatic carbocycles. The third-order valence-corrected chi connectivity index (χ3v) is 3.76. The van der Waals surface area contributed by atoms with Crippen molar-refractivity contribution >= 4 is 17.4 Å². The van der Waals surface area contributed by atoms with Gasteiger partial charge in [-0.3, -0.25) is 14.5 Å². The van der Waals surface area contributed by atoms with Crippen LogP contribution in [0.5, 0.6) is 0 Å². The number of nitrogens with zero attached hydrogens (tertiary/aromatic N) is 3. The second-order valence-electron chi connectivity index (χ2n) is 5.52. The van der Waals surface area contributed by atoms with Gasteiger partial charge in [-0.2, -0.15) is 0 Å². The first-order valence-electron chi connectivity index (χ1n) is 6.54. The highest BCUT2D eigenvalue weighted by Crippen LogP contribution is 2.40. The van der Waals surface area contributed by atoms with Gasteiger partial charge in [-0.05, 0) is 38.1 Å². The average Bonchev–Trinajstić information content (AvgIpc) is 3.03. The van der Waals surface area contributed by atoms with Gasteiger partial charge in [0.25, 0.3) is 0 Å². The van der Waals surface area contributed by atoms with Gasteiger partial charge >= 0.3 is 0 Å². The number of aromatic nitrogens is 2. The molecule has 0 radical (unpaired) electrons. The first-order chi connectivity index (χ1) is 9.93. The monoisotopic (exact) mass is 287 g/mol. The van der Waals surface area contributed by atoms with Gasteiger partial charge in [0, 0.05) is 18.1 Å². The lowest BCUT2D eigenvalue weighted by Crippen LogP contribution is -2.33. The predicted octanol–water partition coefficient (Wildman–Crippen LogP) is 2.16. The van der Waals surface area contributed by atoms with Crippen LogP contribution in [0.3, 0.4) is 0 Å². The fraction of sp³-hybridized carbons (Fsp3) is 0.267. The number of carbonyl (C=O) groups is 2. The van der Waals surface area contributed by atoms with Crippen molar-refractivity contribution < 1.29 is 14.0 Å². The van der Waals surface area contributed by atoms with E-state index in [0.717, 1.165) is 0 Å². The lowest BCUT2D eigenvalue weighted by Gasteiger charge is -2.24. The molecule has 21 heavy (non-hydrogen) atoms. The number of hydrogen-bond acceptors (Lipinski definition) is 3. The summed E-state index contributed by atoms with van der Waals surface area (Å²) in [6.07, 6.45) is 3.88. The van der Waals surface area contributed by atoms with E-state index in [2.05, 4.69) is 4.98 Å². The van der Waals surface area contributed by atoms with Crippen molar-refractivity contribution in [3.8, 4) is 0 Å². The molecule has 0 spiro atoms. The topological polar surface area (TPSA) is 55.2 Å². The maximum absolute atomic E-state index is 13.1. The van der Waals surface area contributed by atoms with Gasteiger partial charge in [-0.25, -0.2) is 9.37 Å². The van der Waals surface area contributed by atoms with Crippen LogP contribution in [0.4, 0.5) is 10.1 Å². The Hall–Kier alpha value is -2.50. The molecule has 1 saturated heterocycles. The van der Waals surface area contributed by atoms with Crippen molar-refractivity contribution in [2.75, 3.05) is 4.90 Å². The number of ketones is 1. The summed E-state index contributed by atoms with van der Waals surface area (Å²) in [5.74, 6) is -0.914. The van der Waals surface area contributed by atoms with E-state index in [1.807, 2.05) is 0 Å². The van der Waals surface area contributed by atoms with Crippen LogP contribution in [0.25, 0.3) is 0 Å². The number of rotatable bonds is 2. The molecule has 1 fully saturated rings. The molecule has 1 amide bonds. The number of benzene rings is 1. The molecule has 5 nitrogen and oxygen atoms in total. The lowest BCUT2D eigenvalue weighted by molar-refractivity contribution is -0.133. The van der Waals surface area contributed by atoms with Crippen LogP contribution >= 0.6 is 0 Å². The number of Topliss-reactive ketones (excluding diaryl/α,β-unsaturated/α-hetero) is 1. The van der Waals surface area contributed by atoms with Crippen molar-refractivity contribution in [1.82, 2.24) is 9.55 Å². The Balaban J connectivity index is 2.13. The molecule has 0 bridgehead atoms. The largest absolute Gasteiger partial charge is 0.309 e. The molecule has 6 heteroatoms. The van der Waals surface area contributed by atoms with E-state index in [9.17, 15) is 14.0 Å². The molecular formula is C15H14FN3O2. The standard InChI is InChI=1S/C15H14FN3O2/c1-15(2)12(20)13(18-8-7-17-9-18)19(14(15)21)11-5-3-10(16)4-6-11/h3-9,13H,1-2H3. The van der Waals surface area contributed by atoms with E-state index >= 15 is 0 Å². The summed E-state index contributed by atoms with van der Waals surface area (Å²) < 4.78 is 14.7. The molecule has 0 aliphatic carbocycles. The van der Waals surface area contributed by atoms with Gasteiger partial charge in [-0.1, -0.05) is 0 Å². The first kappa shape index (κ1) is 13.5. The number of anilines is 1. The summed E-state index contributed by atoms with van der Waals surface area (Å²) in [5.41, 5.74) is -0.636. The zero-order valence-corrected chi connectivity index (χ0v) is 11.7. The van der Waals surface area contributed by atoms with Crippen LogP contribution in [-0.2, 0) is 9.59 Å². The van der Waals surface area contributed by atoms with E-state index in [0.29, 0.717) is 5.69 Å². The summed E-state index contributed by atoms with van der Waals surface area (Å²) in [4.78, 5) is 30.5. The second-order valence-corrected chi connectivity index (χ2v) is 5.52. The Labute approximate surface area is 121 Å². The minimum atomic E-state index is -1.12. The molecular weight excluding hydrogens is 273 g/mol. The van der Waals surface area contributed by atoms with Crippen LogP contribution in [-0.4, -0.2) is 21.2 Å². The van der Waals surface area contributed by atoms with Gasteiger partial charge < -0.3 is 4.57 Å². The van der Waals surface area contributed by atoms with Crippen LogP contribution in [0, 0.1) is 11.2 Å². The van der Waals surface area contributed by atoms with Gasteiger partial charge in [0.2, 0.25) is 5.91 Å². The fourth-order valence-electron chi connectivity index (χ4n) is 2.50. The minimum Gasteiger partial charge on any atom is -0.309 e. The molecule has 2 aromatic rings. The zero-order valence-electron chi connectivity index (χ0n) is 11.7. The number of halogens is 1. The zero-order chi connectivity index (χ0) is 15.2. The molecule has 1 aliphatic rings. The van der Waals surface area contributed by atoms with Gasteiger partial charge in [0.1, 0.15) is 11.2 Å². The smallest absolute Gasteiger partial charge is 0.242 e. The van der Waals surface area contributed by atoms with Gasteiger partial charge in [0.05, 0.1) is 6.33 Å². The Kier molecular flexibility index (Phi) is 2.90. The summed E-state index contributed by atoms with van der Waals surface area (Å²) >= 11 is 0. The molecule has 2 heterocycles. The maximum Gasteiger partial charge on any atom is 0.242 e. The van der Waals surface area contributed by atoms with Crippen LogP contribution in [0.1, 0.15) is 20.0 Å². The average molecular weight is 287 g/mol. The van der Waals surface area contributed by atoms with Crippen molar-refractivity contribution in [3.63, 3.8) is 0 Å². The van der Waals surface area contributed by atoms with Gasteiger partial charge in [-0.15, -0.1) is 0 Å². The normalized spacial score (nSPS) is 21.1. The predicted molar refractivity (Wildman–Crippen MR) is 73.9 cm³/mol. The quantitative estimate of drug-likeness (QED) is 0.795. The molecule has 1 atom stereocenters. The fourth-order valence-corrected chi connectivity index (χ4v) is 2.50. The third-order valence-electron chi connectivity index (χ3n) is 3.76. The summed E-state index contributed by atoms with van der Waals surface area (Å²) in [6, 6.07) is 5.52. The van der Waals surface area contributed by atoms with E-state index in [4.69, 9.17) is 0 Å². The van der Waals surface area contributed by atoms with E-state index < -0.39 is 17.4 Å². The number of amides is 1. The SMILES string of the molecule is CC1(C)C(=O)C(n2ccnc2)N(c2ccc(F)cc2)C1=O. The van der Waals surface area contributed by atoms with Crippen molar-refractivity contribution in [2.45, 2.75) is 20.0 Å². The van der Waals surface area contributed by atoms with Crippen molar-refractivity contribution in [3.05, 3.63) is 48.8 Å². The van der Waals surface area contributed by atoms with Crippen LogP contribution < -0.4 is 4.90 Å². The summed E-state index contributed by atoms with van der Waals surface area (Å²) in [5, 5.41) is 0. The number of imidazole rings is 1. The highest BCUT2D eigenvalue weighted by atomic mass is 19.1. The van der Waals surface area contributed by atoms with Gasteiger partial charge in [0.15, 0.2) is 11.9 Å². The highest BCUT2D eigenvalue weighted by molar-refractivity contribution is 6.21. The van der Waals surface area contributed by atoms with Crippen molar-refractivity contribution in [1.29, 1.82) is 0 Å². The third kappa shape index (κ3) is 1.94. The summed E-state index contributed by atoms with van der Waals surface area (Å²) in [7, 11) is 0. The van der Waals surface area contributed by atoms with E-state index in [-0.39, 0.29) is 11.7 Å². The molecule has 1 aromatic heterocycles. The van der Waals surface area contributed by atoms with Crippen LogP contribution in [0.15, 0.2) is 43.0 Å². The second kappa shape index (κ2) is 4.51. The molecule has 0 N–H and O–H groups in total. The number of carbonyl (C=O) groups excluding carboxylic acids is 2. The Morgan fingerprint density at radius 2 is 1.86 bits per heavy atom. The Morgan fingerprint density at radius 3 is 2.43 bits per heavy atom. The van der Waals surface area contributed by atoms with E-state index in [1.165, 1.54) is 35.5 Å². The van der Waals surface area contributed by atoms with Crippen molar-refractivity contribution in [2.24, 2.45) is 5.41 Å². The minimum absolute atomic E-state index is 0.213. The molecule has 1 aliphatic heterocycles. The molecule has 1 unspecified atom stereocenters. The highest BCUT2D eigenvalue weighted by Gasteiger charge is 2.54. The molecule has 0 saturated carbocycles. The maximum atomic E-state index is 13.1. The van der Waals surface area contributed by atoms with Crippen LogP contribution in [0.2, 0.25) is 0 Å². The molecule has 108 valence electrons. The van der Waals surface area contributed by atoms with E-state index in [1.54, 1.807) is 30.8 Å². The molecule has 3 rings (SSSR count). The summed E-state index contributed by atoms with van der Waals surface area (Å²) in [6.45, 7) is 3.20. The Bertz CT molecular complexity index is 692. The lowest BCUT2D eigenvalue weighted by atomic mass is 9.90. The first-order valence-corrected chi connectivity index (χ1v) is 6.54. The Morgan fingerprint density at radius 1 is 1.19 bits per heavy atom. The number of hydrogen-bond donors (Lipinski definition) is 0.